The number of amides is 1. The molecule has 3 heterocycles. The zero-order valence-electron chi connectivity index (χ0n) is 21.9. The van der Waals surface area contributed by atoms with Crippen LogP contribution in [0.4, 0.5) is 23.4 Å². The molecule has 1 saturated carbocycles. The van der Waals surface area contributed by atoms with Crippen LogP contribution in [0.3, 0.4) is 0 Å². The molecule has 0 bridgehead atoms. The molecular formula is C31H23ClF4N4O2. The highest BCUT2D eigenvalue weighted by Gasteiger charge is 2.29. The molecule has 42 heavy (non-hydrogen) atoms. The lowest BCUT2D eigenvalue weighted by molar-refractivity contribution is -0.118. The van der Waals surface area contributed by atoms with Gasteiger partial charge in [0.25, 0.3) is 5.56 Å². The van der Waals surface area contributed by atoms with Gasteiger partial charge in [0.05, 0.1) is 27.5 Å². The van der Waals surface area contributed by atoms with Crippen molar-refractivity contribution in [3.8, 4) is 22.4 Å². The normalized spacial score (nSPS) is 14.0. The molecule has 0 radical (unpaired) electrons. The predicted octanol–water partition coefficient (Wildman–Crippen LogP) is 7.70. The summed E-state index contributed by atoms with van der Waals surface area (Å²) in [6.45, 7) is 0. The zero-order chi connectivity index (χ0) is 29.5. The Balaban J connectivity index is 1.43. The van der Waals surface area contributed by atoms with Crippen LogP contribution in [0, 0.1) is 11.6 Å². The van der Waals surface area contributed by atoms with Gasteiger partial charge >= 0.3 is 0 Å². The van der Waals surface area contributed by atoms with Crippen LogP contribution >= 0.6 is 11.6 Å². The molecule has 1 aliphatic carbocycles. The molecule has 1 atom stereocenters. The molecule has 5 aromatic rings. The van der Waals surface area contributed by atoms with Gasteiger partial charge in [0, 0.05) is 36.0 Å². The number of nitrogens with zero attached hydrogens (tertiary/aromatic N) is 2. The summed E-state index contributed by atoms with van der Waals surface area (Å²) in [5.74, 6) is -2.91. The number of anilines is 1. The van der Waals surface area contributed by atoms with Crippen molar-refractivity contribution in [2.24, 2.45) is 0 Å². The number of aromatic nitrogens is 3. The van der Waals surface area contributed by atoms with Crippen molar-refractivity contribution in [1.82, 2.24) is 14.5 Å². The Kier molecular flexibility index (Phi) is 7.32. The van der Waals surface area contributed by atoms with E-state index in [1.54, 1.807) is 29.0 Å². The molecule has 0 saturated heterocycles. The number of rotatable bonds is 8. The third-order valence-corrected chi connectivity index (χ3v) is 7.60. The first-order valence-corrected chi connectivity index (χ1v) is 13.6. The lowest BCUT2D eigenvalue weighted by atomic mass is 9.95. The van der Waals surface area contributed by atoms with E-state index in [-0.39, 0.29) is 23.0 Å². The van der Waals surface area contributed by atoms with E-state index in [2.05, 4.69) is 15.3 Å². The van der Waals surface area contributed by atoms with E-state index in [0.717, 1.165) is 25.0 Å². The van der Waals surface area contributed by atoms with Crippen molar-refractivity contribution in [3.63, 3.8) is 0 Å². The second-order valence-electron chi connectivity index (χ2n) is 10.2. The summed E-state index contributed by atoms with van der Waals surface area (Å²) >= 11 is 6.63. The number of carbonyl (C=O) groups excluding carboxylic acids is 1. The molecular weight excluding hydrogens is 572 g/mol. The summed E-state index contributed by atoms with van der Waals surface area (Å²) in [5.41, 5.74) is 2.45. The van der Waals surface area contributed by atoms with Gasteiger partial charge in [0.15, 0.2) is 0 Å². The largest absolute Gasteiger partial charge is 0.353 e. The van der Waals surface area contributed by atoms with Crippen LogP contribution < -0.4 is 10.9 Å². The van der Waals surface area contributed by atoms with Crippen LogP contribution in [0.25, 0.3) is 33.3 Å². The topological polar surface area (TPSA) is 79.8 Å². The van der Waals surface area contributed by atoms with E-state index in [4.69, 9.17) is 11.6 Å². The number of hydrogen-bond donors (Lipinski definition) is 2. The molecule has 0 unspecified atom stereocenters. The number of aromatic amines is 1. The molecule has 1 amide bonds. The number of carbonyl (C=O) groups is 1. The lowest BCUT2D eigenvalue weighted by Gasteiger charge is -2.17. The minimum atomic E-state index is -2.78. The third kappa shape index (κ3) is 5.42. The third-order valence-electron chi connectivity index (χ3n) is 7.32. The van der Waals surface area contributed by atoms with Crippen LogP contribution in [-0.2, 0) is 4.79 Å². The van der Waals surface area contributed by atoms with Gasteiger partial charge < -0.3 is 14.9 Å². The maximum Gasteiger partial charge on any atom is 0.260 e. The molecule has 3 aromatic heterocycles. The molecule has 11 heteroatoms. The number of H-pyrrole nitrogens is 1. The van der Waals surface area contributed by atoms with Crippen molar-refractivity contribution < 1.29 is 22.4 Å². The molecule has 1 aliphatic rings. The van der Waals surface area contributed by atoms with Gasteiger partial charge in [-0.2, -0.15) is 0 Å². The Labute approximate surface area is 242 Å². The Morgan fingerprint density at radius 3 is 2.33 bits per heavy atom. The van der Waals surface area contributed by atoms with Crippen molar-refractivity contribution in [1.29, 1.82) is 0 Å². The van der Waals surface area contributed by atoms with Gasteiger partial charge in [0.1, 0.15) is 17.5 Å². The van der Waals surface area contributed by atoms with Gasteiger partial charge in [0.2, 0.25) is 12.3 Å². The van der Waals surface area contributed by atoms with Gasteiger partial charge in [-0.05, 0) is 60.4 Å². The second kappa shape index (κ2) is 11.1. The summed E-state index contributed by atoms with van der Waals surface area (Å²) < 4.78 is 55.6. The minimum Gasteiger partial charge on any atom is -0.353 e. The lowest BCUT2D eigenvalue weighted by Crippen LogP contribution is -2.23. The highest BCUT2D eigenvalue weighted by atomic mass is 35.5. The maximum atomic E-state index is 13.8. The number of fused-ring (bicyclic) bond motifs is 1. The Morgan fingerprint density at radius 2 is 1.69 bits per heavy atom. The average Bonchev–Trinajstić information content (AvgIpc) is 3.73. The summed E-state index contributed by atoms with van der Waals surface area (Å²) in [7, 11) is 0. The van der Waals surface area contributed by atoms with Gasteiger partial charge in [-0.3, -0.25) is 9.59 Å². The fourth-order valence-corrected chi connectivity index (χ4v) is 5.40. The Hall–Kier alpha value is -4.44. The van der Waals surface area contributed by atoms with Crippen molar-refractivity contribution in [2.45, 2.75) is 37.6 Å². The van der Waals surface area contributed by atoms with Crippen LogP contribution in [0.2, 0.25) is 5.02 Å². The smallest absolute Gasteiger partial charge is 0.260 e. The van der Waals surface area contributed by atoms with Crippen molar-refractivity contribution >= 4 is 34.2 Å². The first-order chi connectivity index (χ1) is 20.2. The minimum absolute atomic E-state index is 0.0591. The summed E-state index contributed by atoms with van der Waals surface area (Å²) in [5, 5.41) is 3.27. The highest BCUT2D eigenvalue weighted by Crippen LogP contribution is 2.41. The van der Waals surface area contributed by atoms with E-state index in [0.29, 0.717) is 38.3 Å². The first kappa shape index (κ1) is 27.7. The summed E-state index contributed by atoms with van der Waals surface area (Å²) in [4.78, 5) is 34.2. The number of benzene rings is 2. The van der Waals surface area contributed by atoms with Gasteiger partial charge in [-0.25, -0.2) is 22.5 Å². The van der Waals surface area contributed by atoms with Crippen molar-refractivity contribution in [2.75, 3.05) is 5.32 Å². The number of alkyl halides is 2. The fourth-order valence-electron chi connectivity index (χ4n) is 5.15. The monoisotopic (exact) mass is 594 g/mol. The number of halogens is 5. The average molecular weight is 595 g/mol. The molecule has 0 spiro atoms. The van der Waals surface area contributed by atoms with Crippen LogP contribution in [0.5, 0.6) is 0 Å². The molecule has 6 rings (SSSR count). The zero-order valence-corrected chi connectivity index (χ0v) is 22.6. The highest BCUT2D eigenvalue weighted by molar-refractivity contribution is 6.35. The Bertz CT molecular complexity index is 1850. The van der Waals surface area contributed by atoms with Crippen LogP contribution in [-0.4, -0.2) is 26.9 Å². The maximum absolute atomic E-state index is 13.8. The number of nitrogens with one attached hydrogen (secondary N) is 2. The summed E-state index contributed by atoms with van der Waals surface area (Å²) in [6.07, 6.45) is 1.22. The number of pyridine rings is 2. The van der Waals surface area contributed by atoms with E-state index in [9.17, 15) is 27.2 Å². The molecule has 0 aliphatic heterocycles. The fraction of sp³-hybridized carbons (Fsp3) is 0.194. The van der Waals surface area contributed by atoms with E-state index in [1.165, 1.54) is 36.5 Å². The molecule has 1 fully saturated rings. The van der Waals surface area contributed by atoms with Gasteiger partial charge in [-0.15, -0.1) is 0 Å². The molecule has 2 N–H and O–H groups in total. The quantitative estimate of drug-likeness (QED) is 0.181. The molecule has 6 nitrogen and oxygen atoms in total. The van der Waals surface area contributed by atoms with Crippen LogP contribution in [0.15, 0.2) is 77.9 Å². The summed E-state index contributed by atoms with van der Waals surface area (Å²) in [6, 6.07) is 13.7. The molecule has 2 aromatic carbocycles. The van der Waals surface area contributed by atoms with Crippen LogP contribution in [0.1, 0.15) is 36.8 Å². The predicted molar refractivity (Wildman–Crippen MR) is 153 cm³/mol. The van der Waals surface area contributed by atoms with Crippen molar-refractivity contribution in [3.05, 3.63) is 106 Å². The SMILES string of the molecule is O=C(Nc1cc(-c2[nH]c3c(Cl)cn(C4CC4)c(=O)c3c2-c2ccc(F)cc2)ccn1)[C@H](CC(F)F)c1ccc(F)cc1. The standard InChI is InChI=1S/C31H23ClF4N4O2/c32-23-15-40(21-9-10-21)31(42)27-26(17-3-7-20(34)8-4-17)28(39-29(23)27)18-11-12-37-25(13-18)38-30(41)22(14-24(35)36)16-1-5-19(33)6-2-16/h1-8,11-13,15,21-22,24,39H,9-10,14H2,(H,37,38,41)/t22-/m1/s1. The molecule has 214 valence electrons. The first-order valence-electron chi connectivity index (χ1n) is 13.2. The Morgan fingerprint density at radius 1 is 1.02 bits per heavy atom. The van der Waals surface area contributed by atoms with E-state index < -0.39 is 36.3 Å². The van der Waals surface area contributed by atoms with E-state index >= 15 is 0 Å². The number of hydrogen-bond acceptors (Lipinski definition) is 3. The second-order valence-corrected chi connectivity index (χ2v) is 10.6. The van der Waals surface area contributed by atoms with Gasteiger partial charge in [-0.1, -0.05) is 35.9 Å². The van der Waals surface area contributed by atoms with E-state index in [1.807, 2.05) is 0 Å².